The van der Waals surface area contributed by atoms with Crippen LogP contribution in [0.25, 0.3) is 0 Å². The molecule has 1 rings (SSSR count). The second-order valence-corrected chi connectivity index (χ2v) is 4.05. The van der Waals surface area contributed by atoms with Crippen LogP contribution in [0.2, 0.25) is 0 Å². The van der Waals surface area contributed by atoms with Gasteiger partial charge in [-0.1, -0.05) is 6.07 Å². The SMILES string of the molecule is CNC(CCCOC)c1c(OC)cccc1OC. The average Bonchev–Trinajstić information content (AvgIpc) is 2.43. The molecule has 0 saturated carbocycles. The van der Waals surface area contributed by atoms with E-state index in [9.17, 15) is 0 Å². The van der Waals surface area contributed by atoms with Crippen LogP contribution in [0.4, 0.5) is 0 Å². The van der Waals surface area contributed by atoms with Gasteiger partial charge in [-0.25, -0.2) is 0 Å². The highest BCUT2D eigenvalue weighted by atomic mass is 16.5. The third-order valence-corrected chi connectivity index (χ3v) is 3.00. The van der Waals surface area contributed by atoms with Crippen LogP contribution >= 0.6 is 0 Å². The van der Waals surface area contributed by atoms with Crippen molar-refractivity contribution >= 4 is 0 Å². The van der Waals surface area contributed by atoms with E-state index in [-0.39, 0.29) is 6.04 Å². The first-order valence-corrected chi connectivity index (χ1v) is 6.15. The van der Waals surface area contributed by atoms with Crippen molar-refractivity contribution in [1.29, 1.82) is 0 Å². The molecule has 0 heterocycles. The van der Waals surface area contributed by atoms with Gasteiger partial charge >= 0.3 is 0 Å². The Morgan fingerprint density at radius 3 is 2.17 bits per heavy atom. The molecule has 0 radical (unpaired) electrons. The predicted molar refractivity (Wildman–Crippen MR) is 72.5 cm³/mol. The summed E-state index contributed by atoms with van der Waals surface area (Å²) in [4.78, 5) is 0. The van der Waals surface area contributed by atoms with Gasteiger partial charge in [-0.15, -0.1) is 0 Å². The van der Waals surface area contributed by atoms with E-state index in [0.717, 1.165) is 36.5 Å². The number of methoxy groups -OCH3 is 3. The van der Waals surface area contributed by atoms with E-state index < -0.39 is 0 Å². The summed E-state index contributed by atoms with van der Waals surface area (Å²) in [6, 6.07) is 6.05. The third kappa shape index (κ3) is 3.62. The molecule has 0 bridgehead atoms. The molecule has 18 heavy (non-hydrogen) atoms. The van der Waals surface area contributed by atoms with Gasteiger partial charge in [-0.05, 0) is 32.0 Å². The van der Waals surface area contributed by atoms with Crippen LogP contribution in [-0.4, -0.2) is 35.0 Å². The van der Waals surface area contributed by atoms with Crippen molar-refractivity contribution in [1.82, 2.24) is 5.32 Å². The summed E-state index contributed by atoms with van der Waals surface area (Å²) in [7, 11) is 7.03. The lowest BCUT2D eigenvalue weighted by molar-refractivity contribution is 0.188. The summed E-state index contributed by atoms with van der Waals surface area (Å²) >= 11 is 0. The van der Waals surface area contributed by atoms with Gasteiger partial charge in [0.15, 0.2) is 0 Å². The second-order valence-electron chi connectivity index (χ2n) is 4.05. The van der Waals surface area contributed by atoms with Crippen molar-refractivity contribution in [2.24, 2.45) is 0 Å². The number of benzene rings is 1. The molecule has 1 aromatic carbocycles. The molecule has 1 aromatic rings. The van der Waals surface area contributed by atoms with Gasteiger partial charge in [0.25, 0.3) is 0 Å². The Balaban J connectivity index is 2.94. The van der Waals surface area contributed by atoms with Gasteiger partial charge in [0.2, 0.25) is 0 Å². The first kappa shape index (κ1) is 14.8. The van der Waals surface area contributed by atoms with E-state index in [2.05, 4.69) is 5.32 Å². The minimum atomic E-state index is 0.200. The van der Waals surface area contributed by atoms with Gasteiger partial charge < -0.3 is 19.5 Å². The molecular weight excluding hydrogens is 230 g/mol. The molecular formula is C14H23NO3. The fraction of sp³-hybridized carbons (Fsp3) is 0.571. The fourth-order valence-corrected chi connectivity index (χ4v) is 2.09. The molecule has 0 aromatic heterocycles. The number of ether oxygens (including phenoxy) is 3. The van der Waals surface area contributed by atoms with Crippen molar-refractivity contribution in [2.75, 3.05) is 35.0 Å². The Labute approximate surface area is 109 Å². The van der Waals surface area contributed by atoms with Gasteiger partial charge in [0.1, 0.15) is 11.5 Å². The summed E-state index contributed by atoms with van der Waals surface area (Å²) < 4.78 is 15.9. The van der Waals surface area contributed by atoms with Crippen LogP contribution in [-0.2, 0) is 4.74 Å². The molecule has 0 aliphatic rings. The quantitative estimate of drug-likeness (QED) is 0.722. The molecule has 4 heteroatoms. The zero-order valence-electron chi connectivity index (χ0n) is 11.7. The maximum atomic E-state index is 5.43. The van der Waals surface area contributed by atoms with E-state index in [1.165, 1.54) is 0 Å². The smallest absolute Gasteiger partial charge is 0.127 e. The molecule has 1 atom stereocenters. The van der Waals surface area contributed by atoms with Crippen LogP contribution in [0.5, 0.6) is 11.5 Å². The Morgan fingerprint density at radius 2 is 1.72 bits per heavy atom. The van der Waals surface area contributed by atoms with E-state index in [0.29, 0.717) is 0 Å². The highest BCUT2D eigenvalue weighted by Gasteiger charge is 2.18. The molecule has 0 aliphatic heterocycles. The monoisotopic (exact) mass is 253 g/mol. The Morgan fingerprint density at radius 1 is 1.11 bits per heavy atom. The minimum absolute atomic E-state index is 0.200. The van der Waals surface area contributed by atoms with Crippen molar-refractivity contribution in [3.8, 4) is 11.5 Å². The molecule has 0 aliphatic carbocycles. The Hall–Kier alpha value is -1.26. The van der Waals surface area contributed by atoms with Gasteiger partial charge in [-0.3, -0.25) is 0 Å². The van der Waals surface area contributed by atoms with Crippen molar-refractivity contribution in [3.63, 3.8) is 0 Å². The number of hydrogen-bond donors (Lipinski definition) is 1. The second kappa shape index (κ2) is 7.95. The largest absolute Gasteiger partial charge is 0.496 e. The zero-order valence-corrected chi connectivity index (χ0v) is 11.7. The summed E-state index contributed by atoms with van der Waals surface area (Å²) in [5.74, 6) is 1.71. The highest BCUT2D eigenvalue weighted by Crippen LogP contribution is 2.35. The summed E-state index contributed by atoms with van der Waals surface area (Å²) in [6.45, 7) is 0.760. The number of hydrogen-bond acceptors (Lipinski definition) is 4. The Kier molecular flexibility index (Phi) is 6.54. The molecule has 4 nitrogen and oxygen atoms in total. The number of rotatable bonds is 8. The van der Waals surface area contributed by atoms with E-state index in [4.69, 9.17) is 14.2 Å². The molecule has 0 spiro atoms. The number of nitrogens with one attached hydrogen (secondary N) is 1. The van der Waals surface area contributed by atoms with Crippen LogP contribution in [0, 0.1) is 0 Å². The first-order chi connectivity index (χ1) is 8.78. The standard InChI is InChI=1S/C14H23NO3/c1-15-11(7-6-10-16-2)14-12(17-3)8-5-9-13(14)18-4/h5,8-9,11,15H,6-7,10H2,1-4H3. The van der Waals surface area contributed by atoms with Gasteiger partial charge in [-0.2, -0.15) is 0 Å². The van der Waals surface area contributed by atoms with Crippen molar-refractivity contribution in [3.05, 3.63) is 23.8 Å². The molecule has 1 N–H and O–H groups in total. The maximum absolute atomic E-state index is 5.43. The zero-order chi connectivity index (χ0) is 13.4. The lowest BCUT2D eigenvalue weighted by Gasteiger charge is -2.21. The Bertz CT molecular complexity index is 333. The van der Waals surface area contributed by atoms with Gasteiger partial charge in [0.05, 0.1) is 19.8 Å². The van der Waals surface area contributed by atoms with E-state index in [1.807, 2.05) is 25.2 Å². The normalized spacial score (nSPS) is 12.2. The average molecular weight is 253 g/mol. The maximum Gasteiger partial charge on any atom is 0.127 e. The third-order valence-electron chi connectivity index (χ3n) is 3.00. The molecule has 0 fully saturated rings. The van der Waals surface area contributed by atoms with Crippen molar-refractivity contribution < 1.29 is 14.2 Å². The highest BCUT2D eigenvalue weighted by molar-refractivity contribution is 5.46. The van der Waals surface area contributed by atoms with Crippen LogP contribution in [0.15, 0.2) is 18.2 Å². The minimum Gasteiger partial charge on any atom is -0.496 e. The molecule has 102 valence electrons. The summed E-state index contributed by atoms with van der Waals surface area (Å²) in [6.07, 6.45) is 1.96. The van der Waals surface area contributed by atoms with E-state index >= 15 is 0 Å². The molecule has 1 unspecified atom stereocenters. The topological polar surface area (TPSA) is 39.7 Å². The van der Waals surface area contributed by atoms with E-state index in [1.54, 1.807) is 21.3 Å². The lowest BCUT2D eigenvalue weighted by atomic mass is 10.00. The summed E-state index contributed by atoms with van der Waals surface area (Å²) in [5, 5.41) is 3.31. The molecule has 0 saturated heterocycles. The van der Waals surface area contributed by atoms with Crippen LogP contribution in [0.3, 0.4) is 0 Å². The van der Waals surface area contributed by atoms with Crippen LogP contribution in [0.1, 0.15) is 24.4 Å². The first-order valence-electron chi connectivity index (χ1n) is 6.15. The predicted octanol–water partition coefficient (Wildman–Crippen LogP) is 2.39. The summed E-state index contributed by atoms with van der Waals surface area (Å²) in [5.41, 5.74) is 1.07. The van der Waals surface area contributed by atoms with Gasteiger partial charge in [0, 0.05) is 19.8 Å². The lowest BCUT2D eigenvalue weighted by Crippen LogP contribution is -2.18. The molecule has 0 amide bonds. The van der Waals surface area contributed by atoms with Crippen molar-refractivity contribution in [2.45, 2.75) is 18.9 Å². The van der Waals surface area contributed by atoms with Crippen LogP contribution < -0.4 is 14.8 Å². The fourth-order valence-electron chi connectivity index (χ4n) is 2.09.